The maximum Gasteiger partial charge on any atom is 0.243 e. The summed E-state index contributed by atoms with van der Waals surface area (Å²) in [5.74, 6) is -0.190. The molecule has 0 radical (unpaired) electrons. The van der Waals surface area contributed by atoms with E-state index in [4.69, 9.17) is 23.8 Å². The summed E-state index contributed by atoms with van der Waals surface area (Å²) >= 11 is 11.2. The zero-order chi connectivity index (χ0) is 16.8. The SMILES string of the molecule is Cc1ccccc1NC(=S)NCC(=O)Nc1cccc(Cl)c1C. The van der Waals surface area contributed by atoms with Gasteiger partial charge in [-0.1, -0.05) is 35.9 Å². The topological polar surface area (TPSA) is 53.2 Å². The molecule has 6 heteroatoms. The zero-order valence-electron chi connectivity index (χ0n) is 12.9. The van der Waals surface area contributed by atoms with Crippen LogP contribution >= 0.6 is 23.8 Å². The normalized spacial score (nSPS) is 10.0. The van der Waals surface area contributed by atoms with Gasteiger partial charge < -0.3 is 16.0 Å². The molecule has 0 saturated carbocycles. The molecule has 1 amide bonds. The Hall–Kier alpha value is -2.11. The van der Waals surface area contributed by atoms with Crippen molar-refractivity contribution in [2.75, 3.05) is 17.2 Å². The molecule has 23 heavy (non-hydrogen) atoms. The number of benzene rings is 2. The number of para-hydroxylation sites is 1. The fourth-order valence-electron chi connectivity index (χ4n) is 1.98. The highest BCUT2D eigenvalue weighted by molar-refractivity contribution is 7.80. The van der Waals surface area contributed by atoms with Crippen LogP contribution in [0.15, 0.2) is 42.5 Å². The predicted octanol–water partition coefficient (Wildman–Crippen LogP) is 3.88. The van der Waals surface area contributed by atoms with Crippen LogP contribution in [-0.4, -0.2) is 17.6 Å². The van der Waals surface area contributed by atoms with E-state index in [0.29, 0.717) is 15.8 Å². The molecule has 0 bridgehead atoms. The third kappa shape index (κ3) is 4.94. The molecule has 0 aliphatic carbocycles. The Bertz CT molecular complexity index is 734. The number of carbonyl (C=O) groups is 1. The van der Waals surface area contributed by atoms with Gasteiger partial charge in [-0.3, -0.25) is 4.79 Å². The number of hydrogen-bond donors (Lipinski definition) is 3. The summed E-state index contributed by atoms with van der Waals surface area (Å²) in [6.45, 7) is 3.92. The van der Waals surface area contributed by atoms with E-state index in [2.05, 4.69) is 16.0 Å². The summed E-state index contributed by atoms with van der Waals surface area (Å²) < 4.78 is 0. The van der Waals surface area contributed by atoms with Crippen molar-refractivity contribution < 1.29 is 4.79 Å². The lowest BCUT2D eigenvalue weighted by atomic mass is 10.2. The number of hydrogen-bond acceptors (Lipinski definition) is 2. The second kappa shape index (κ2) is 7.94. The van der Waals surface area contributed by atoms with E-state index in [-0.39, 0.29) is 12.5 Å². The van der Waals surface area contributed by atoms with Gasteiger partial charge in [-0.15, -0.1) is 0 Å². The van der Waals surface area contributed by atoms with Crippen LogP contribution in [0.5, 0.6) is 0 Å². The van der Waals surface area contributed by atoms with Crippen LogP contribution in [0, 0.1) is 13.8 Å². The van der Waals surface area contributed by atoms with Gasteiger partial charge in [0.25, 0.3) is 0 Å². The number of amides is 1. The molecule has 0 spiro atoms. The van der Waals surface area contributed by atoms with E-state index in [1.54, 1.807) is 12.1 Å². The second-order valence-electron chi connectivity index (χ2n) is 5.08. The summed E-state index contributed by atoms with van der Waals surface area (Å²) in [7, 11) is 0. The molecule has 0 aliphatic rings. The number of rotatable bonds is 4. The molecule has 0 saturated heterocycles. The molecule has 0 atom stereocenters. The fourth-order valence-corrected chi connectivity index (χ4v) is 2.33. The van der Waals surface area contributed by atoms with Gasteiger partial charge in [0.05, 0.1) is 6.54 Å². The van der Waals surface area contributed by atoms with Gasteiger partial charge in [-0.05, 0) is 55.4 Å². The first kappa shape index (κ1) is 17.2. The molecule has 0 aromatic heterocycles. The van der Waals surface area contributed by atoms with Crippen LogP contribution in [0.1, 0.15) is 11.1 Å². The van der Waals surface area contributed by atoms with Gasteiger partial charge in [0.1, 0.15) is 0 Å². The Morgan fingerprint density at radius 2 is 1.74 bits per heavy atom. The molecule has 4 nitrogen and oxygen atoms in total. The third-order valence-electron chi connectivity index (χ3n) is 3.34. The van der Waals surface area contributed by atoms with Crippen LogP contribution < -0.4 is 16.0 Å². The number of aryl methyl sites for hydroxylation is 1. The lowest BCUT2D eigenvalue weighted by Gasteiger charge is -2.13. The number of carbonyl (C=O) groups excluding carboxylic acids is 1. The van der Waals surface area contributed by atoms with Crippen molar-refractivity contribution in [3.05, 3.63) is 58.6 Å². The summed E-state index contributed by atoms with van der Waals surface area (Å²) in [5.41, 5.74) is 3.52. The Labute approximate surface area is 146 Å². The molecule has 3 N–H and O–H groups in total. The number of halogens is 1. The first-order chi connectivity index (χ1) is 11.0. The van der Waals surface area contributed by atoms with Crippen molar-refractivity contribution >= 4 is 46.2 Å². The van der Waals surface area contributed by atoms with Crippen molar-refractivity contribution in [2.24, 2.45) is 0 Å². The summed E-state index contributed by atoms with van der Waals surface area (Å²) in [6.07, 6.45) is 0. The smallest absolute Gasteiger partial charge is 0.243 e. The van der Waals surface area contributed by atoms with E-state index in [9.17, 15) is 4.79 Å². The first-order valence-corrected chi connectivity index (χ1v) is 7.91. The Morgan fingerprint density at radius 3 is 2.48 bits per heavy atom. The monoisotopic (exact) mass is 347 g/mol. The van der Waals surface area contributed by atoms with E-state index in [0.717, 1.165) is 16.8 Å². The molecular formula is C17H18ClN3OS. The van der Waals surface area contributed by atoms with E-state index < -0.39 is 0 Å². The number of anilines is 2. The molecule has 2 rings (SSSR count). The lowest BCUT2D eigenvalue weighted by molar-refractivity contribution is -0.115. The molecule has 2 aromatic carbocycles. The highest BCUT2D eigenvalue weighted by atomic mass is 35.5. The average molecular weight is 348 g/mol. The molecule has 0 fully saturated rings. The summed E-state index contributed by atoms with van der Waals surface area (Å²) in [6, 6.07) is 13.2. The molecule has 0 heterocycles. The highest BCUT2D eigenvalue weighted by Gasteiger charge is 2.07. The highest BCUT2D eigenvalue weighted by Crippen LogP contribution is 2.22. The second-order valence-corrected chi connectivity index (χ2v) is 5.90. The number of thiocarbonyl (C=S) groups is 1. The van der Waals surface area contributed by atoms with Crippen molar-refractivity contribution in [3.63, 3.8) is 0 Å². The maximum atomic E-state index is 12.0. The van der Waals surface area contributed by atoms with Crippen LogP contribution in [-0.2, 0) is 4.79 Å². The zero-order valence-corrected chi connectivity index (χ0v) is 14.5. The van der Waals surface area contributed by atoms with Gasteiger partial charge in [-0.2, -0.15) is 0 Å². The lowest BCUT2D eigenvalue weighted by Crippen LogP contribution is -2.35. The van der Waals surface area contributed by atoms with Crippen LogP contribution in [0.3, 0.4) is 0 Å². The standard InChI is InChI=1S/C17H18ClN3OS/c1-11-6-3-4-8-14(11)21-17(23)19-10-16(22)20-15-9-5-7-13(18)12(15)2/h3-9H,10H2,1-2H3,(H,20,22)(H2,19,21,23). The molecule has 120 valence electrons. The van der Waals surface area contributed by atoms with Crippen molar-refractivity contribution in [1.29, 1.82) is 0 Å². The van der Waals surface area contributed by atoms with Crippen molar-refractivity contribution in [3.8, 4) is 0 Å². The molecule has 2 aromatic rings. The first-order valence-electron chi connectivity index (χ1n) is 7.13. The molecular weight excluding hydrogens is 330 g/mol. The van der Waals surface area contributed by atoms with Crippen LogP contribution in [0.2, 0.25) is 5.02 Å². The number of nitrogens with one attached hydrogen (secondary N) is 3. The van der Waals surface area contributed by atoms with Gasteiger partial charge in [-0.25, -0.2) is 0 Å². The van der Waals surface area contributed by atoms with Gasteiger partial charge >= 0.3 is 0 Å². The summed E-state index contributed by atoms with van der Waals surface area (Å²) in [5, 5.41) is 9.78. The van der Waals surface area contributed by atoms with Crippen molar-refractivity contribution in [1.82, 2.24) is 5.32 Å². The minimum Gasteiger partial charge on any atom is -0.353 e. The molecule has 0 aliphatic heterocycles. The van der Waals surface area contributed by atoms with Gasteiger partial charge in [0.15, 0.2) is 5.11 Å². The minimum absolute atomic E-state index is 0.0731. The summed E-state index contributed by atoms with van der Waals surface area (Å²) in [4.78, 5) is 12.0. The van der Waals surface area contributed by atoms with Crippen molar-refractivity contribution in [2.45, 2.75) is 13.8 Å². The van der Waals surface area contributed by atoms with E-state index in [1.165, 1.54) is 0 Å². The Balaban J connectivity index is 1.86. The van der Waals surface area contributed by atoms with Crippen LogP contribution in [0.4, 0.5) is 11.4 Å². The fraction of sp³-hybridized carbons (Fsp3) is 0.176. The van der Waals surface area contributed by atoms with E-state index in [1.807, 2.05) is 44.2 Å². The quantitative estimate of drug-likeness (QED) is 0.735. The third-order valence-corrected chi connectivity index (χ3v) is 4.00. The predicted molar refractivity (Wildman–Crippen MR) is 100 cm³/mol. The Morgan fingerprint density at radius 1 is 1.04 bits per heavy atom. The largest absolute Gasteiger partial charge is 0.353 e. The molecule has 0 unspecified atom stereocenters. The van der Waals surface area contributed by atoms with E-state index >= 15 is 0 Å². The minimum atomic E-state index is -0.190. The Kier molecular flexibility index (Phi) is 5.96. The van der Waals surface area contributed by atoms with Crippen LogP contribution in [0.25, 0.3) is 0 Å². The van der Waals surface area contributed by atoms with Gasteiger partial charge in [0.2, 0.25) is 5.91 Å². The maximum absolute atomic E-state index is 12.0. The van der Waals surface area contributed by atoms with Gasteiger partial charge in [0, 0.05) is 16.4 Å². The average Bonchev–Trinajstić information content (AvgIpc) is 2.52.